The van der Waals surface area contributed by atoms with Crippen molar-refractivity contribution in [3.8, 4) is 0 Å². The molecule has 0 fully saturated rings. The molecular formula is C14H18BrNO2. The van der Waals surface area contributed by atoms with E-state index in [2.05, 4.69) is 40.3 Å². The highest BCUT2D eigenvalue weighted by Crippen LogP contribution is 2.26. The maximum Gasteiger partial charge on any atom is 0.134 e. The summed E-state index contributed by atoms with van der Waals surface area (Å²) in [7, 11) is 0. The van der Waals surface area contributed by atoms with Gasteiger partial charge in [-0.05, 0) is 50.6 Å². The summed E-state index contributed by atoms with van der Waals surface area (Å²) in [6.07, 6.45) is 1.82. The molecule has 3 nitrogen and oxygen atoms in total. The van der Waals surface area contributed by atoms with Crippen LogP contribution in [0.5, 0.6) is 0 Å². The van der Waals surface area contributed by atoms with Gasteiger partial charge in [0.25, 0.3) is 0 Å². The highest BCUT2D eigenvalue weighted by Gasteiger charge is 2.10. The average molecular weight is 312 g/mol. The van der Waals surface area contributed by atoms with Crippen LogP contribution in [0.2, 0.25) is 0 Å². The number of unbranched alkanes of at least 4 members (excludes halogenated alkanes) is 1. The molecule has 18 heavy (non-hydrogen) atoms. The van der Waals surface area contributed by atoms with Crippen molar-refractivity contribution in [3.63, 3.8) is 0 Å². The molecule has 1 unspecified atom stereocenters. The van der Waals surface area contributed by atoms with E-state index >= 15 is 0 Å². The smallest absolute Gasteiger partial charge is 0.134 e. The van der Waals surface area contributed by atoms with Gasteiger partial charge in [-0.25, -0.2) is 0 Å². The van der Waals surface area contributed by atoms with Gasteiger partial charge in [-0.2, -0.15) is 0 Å². The van der Waals surface area contributed by atoms with Crippen LogP contribution in [0, 0.1) is 0 Å². The quantitative estimate of drug-likeness (QED) is 0.801. The maximum atomic E-state index is 8.72. The number of nitrogens with one attached hydrogen (secondary N) is 1. The number of fused-ring (bicyclic) bond motifs is 1. The van der Waals surface area contributed by atoms with E-state index in [4.69, 9.17) is 9.52 Å². The molecule has 0 bridgehead atoms. The van der Waals surface area contributed by atoms with E-state index in [1.807, 2.05) is 12.1 Å². The number of rotatable bonds is 6. The van der Waals surface area contributed by atoms with E-state index < -0.39 is 0 Å². The van der Waals surface area contributed by atoms with Crippen molar-refractivity contribution in [1.29, 1.82) is 0 Å². The average Bonchev–Trinajstić information content (AvgIpc) is 2.77. The molecule has 2 aromatic rings. The second kappa shape index (κ2) is 6.36. The first kappa shape index (κ1) is 13.6. The standard InChI is InChI=1S/C14H18BrNO2/c1-10(16-6-2-3-7-17)14-9-11-8-12(15)4-5-13(11)18-14/h4-5,8-10,16-17H,2-3,6-7H2,1H3. The zero-order valence-corrected chi connectivity index (χ0v) is 12.0. The van der Waals surface area contributed by atoms with Crippen molar-refractivity contribution in [2.45, 2.75) is 25.8 Å². The van der Waals surface area contributed by atoms with Gasteiger partial charge in [0.05, 0.1) is 6.04 Å². The van der Waals surface area contributed by atoms with E-state index in [0.29, 0.717) is 0 Å². The van der Waals surface area contributed by atoms with Crippen molar-refractivity contribution in [2.75, 3.05) is 13.2 Å². The minimum atomic E-state index is 0.190. The maximum absolute atomic E-state index is 8.72. The Morgan fingerprint density at radius 2 is 2.17 bits per heavy atom. The van der Waals surface area contributed by atoms with Gasteiger partial charge >= 0.3 is 0 Å². The lowest BCUT2D eigenvalue weighted by molar-refractivity contribution is 0.282. The zero-order valence-electron chi connectivity index (χ0n) is 10.4. The summed E-state index contributed by atoms with van der Waals surface area (Å²) in [4.78, 5) is 0. The number of furan rings is 1. The monoisotopic (exact) mass is 311 g/mol. The minimum absolute atomic E-state index is 0.190. The molecule has 1 aromatic carbocycles. The van der Waals surface area contributed by atoms with Crippen LogP contribution in [0.4, 0.5) is 0 Å². The molecule has 0 aliphatic carbocycles. The Labute approximate surface area is 115 Å². The van der Waals surface area contributed by atoms with Crippen molar-refractivity contribution >= 4 is 26.9 Å². The number of aliphatic hydroxyl groups is 1. The fourth-order valence-corrected chi connectivity index (χ4v) is 2.28. The van der Waals surface area contributed by atoms with Crippen LogP contribution in [0.15, 0.2) is 33.2 Å². The molecule has 0 saturated carbocycles. The summed E-state index contributed by atoms with van der Waals surface area (Å²) < 4.78 is 6.87. The van der Waals surface area contributed by atoms with Crippen LogP contribution in [-0.2, 0) is 0 Å². The van der Waals surface area contributed by atoms with Gasteiger partial charge in [0.2, 0.25) is 0 Å². The first-order chi connectivity index (χ1) is 8.70. The van der Waals surface area contributed by atoms with Gasteiger partial charge in [-0.1, -0.05) is 15.9 Å². The highest BCUT2D eigenvalue weighted by molar-refractivity contribution is 9.10. The van der Waals surface area contributed by atoms with Crippen LogP contribution in [0.3, 0.4) is 0 Å². The Morgan fingerprint density at radius 1 is 1.33 bits per heavy atom. The van der Waals surface area contributed by atoms with E-state index in [0.717, 1.165) is 40.6 Å². The Morgan fingerprint density at radius 3 is 2.94 bits per heavy atom. The number of hydrogen-bond acceptors (Lipinski definition) is 3. The molecule has 0 radical (unpaired) electrons. The van der Waals surface area contributed by atoms with E-state index in [-0.39, 0.29) is 12.6 Å². The second-order valence-electron chi connectivity index (χ2n) is 4.44. The molecule has 0 aliphatic heterocycles. The third-order valence-electron chi connectivity index (χ3n) is 2.96. The largest absolute Gasteiger partial charge is 0.459 e. The zero-order chi connectivity index (χ0) is 13.0. The summed E-state index contributed by atoms with van der Waals surface area (Å²) >= 11 is 3.46. The molecule has 2 rings (SSSR count). The van der Waals surface area contributed by atoms with Crippen molar-refractivity contribution < 1.29 is 9.52 Å². The van der Waals surface area contributed by atoms with Crippen LogP contribution in [0.25, 0.3) is 11.0 Å². The van der Waals surface area contributed by atoms with Crippen LogP contribution < -0.4 is 5.32 Å². The first-order valence-corrected chi connectivity index (χ1v) is 7.03. The molecule has 1 atom stereocenters. The predicted molar refractivity (Wildman–Crippen MR) is 76.7 cm³/mol. The third kappa shape index (κ3) is 3.34. The molecular weight excluding hydrogens is 294 g/mol. The predicted octanol–water partition coefficient (Wildman–Crippen LogP) is 3.62. The topological polar surface area (TPSA) is 45.4 Å². The molecule has 0 saturated heterocycles. The van der Waals surface area contributed by atoms with Gasteiger partial charge in [0.1, 0.15) is 11.3 Å². The lowest BCUT2D eigenvalue weighted by Crippen LogP contribution is -2.19. The van der Waals surface area contributed by atoms with Gasteiger partial charge in [-0.15, -0.1) is 0 Å². The van der Waals surface area contributed by atoms with Crippen LogP contribution >= 0.6 is 15.9 Å². The number of benzene rings is 1. The Balaban J connectivity index is 2.01. The van der Waals surface area contributed by atoms with E-state index in [9.17, 15) is 0 Å². The number of aliphatic hydroxyl groups excluding tert-OH is 1. The summed E-state index contributed by atoms with van der Waals surface area (Å²) in [5.41, 5.74) is 0.914. The lowest BCUT2D eigenvalue weighted by Gasteiger charge is -2.10. The van der Waals surface area contributed by atoms with Crippen molar-refractivity contribution in [3.05, 3.63) is 34.5 Å². The molecule has 1 heterocycles. The molecule has 0 aliphatic rings. The molecule has 0 amide bonds. The normalized spacial score (nSPS) is 13.1. The summed E-state index contributed by atoms with van der Waals surface area (Å²) in [6, 6.07) is 8.27. The number of hydrogen-bond donors (Lipinski definition) is 2. The minimum Gasteiger partial charge on any atom is -0.459 e. The highest BCUT2D eigenvalue weighted by atomic mass is 79.9. The van der Waals surface area contributed by atoms with Crippen molar-refractivity contribution in [2.24, 2.45) is 0 Å². The van der Waals surface area contributed by atoms with Gasteiger partial charge in [0, 0.05) is 16.5 Å². The molecule has 0 spiro atoms. The fourth-order valence-electron chi connectivity index (χ4n) is 1.90. The van der Waals surface area contributed by atoms with Gasteiger partial charge < -0.3 is 14.8 Å². The molecule has 4 heteroatoms. The Hall–Kier alpha value is -0.840. The van der Waals surface area contributed by atoms with Crippen LogP contribution in [0.1, 0.15) is 31.6 Å². The third-order valence-corrected chi connectivity index (χ3v) is 3.45. The second-order valence-corrected chi connectivity index (χ2v) is 5.35. The molecule has 2 N–H and O–H groups in total. The summed E-state index contributed by atoms with van der Waals surface area (Å²) in [6.45, 7) is 3.24. The van der Waals surface area contributed by atoms with Crippen LogP contribution in [-0.4, -0.2) is 18.3 Å². The molecule has 98 valence electrons. The fraction of sp³-hybridized carbons (Fsp3) is 0.429. The van der Waals surface area contributed by atoms with Gasteiger partial charge in [-0.3, -0.25) is 0 Å². The SMILES string of the molecule is CC(NCCCCO)c1cc2cc(Br)ccc2o1. The Kier molecular flexibility index (Phi) is 4.80. The Bertz CT molecular complexity index is 509. The summed E-state index contributed by atoms with van der Waals surface area (Å²) in [5.74, 6) is 0.951. The van der Waals surface area contributed by atoms with E-state index in [1.54, 1.807) is 0 Å². The van der Waals surface area contributed by atoms with E-state index in [1.165, 1.54) is 0 Å². The lowest BCUT2D eigenvalue weighted by atomic mass is 10.2. The van der Waals surface area contributed by atoms with Gasteiger partial charge in [0.15, 0.2) is 0 Å². The first-order valence-electron chi connectivity index (χ1n) is 6.24. The summed E-state index contributed by atoms with van der Waals surface area (Å²) in [5, 5.41) is 13.2. The number of halogens is 1. The van der Waals surface area contributed by atoms with Crippen molar-refractivity contribution in [1.82, 2.24) is 5.32 Å². The molecule has 1 aromatic heterocycles.